The normalized spacial score (nSPS) is 14.0. The van der Waals surface area contributed by atoms with Crippen LogP contribution in [0.25, 0.3) is 0 Å². The summed E-state index contributed by atoms with van der Waals surface area (Å²) in [4.78, 5) is 0. The zero-order chi connectivity index (χ0) is 12.6. The molecule has 0 amide bonds. The molecule has 94 valence electrons. The quantitative estimate of drug-likeness (QED) is 0.777. The van der Waals surface area contributed by atoms with Crippen LogP contribution in [0.3, 0.4) is 0 Å². The number of nitrogens with one attached hydrogen (secondary N) is 3. The van der Waals surface area contributed by atoms with Gasteiger partial charge in [-0.15, -0.1) is 0 Å². The maximum Gasteiger partial charge on any atom is 0.278 e. The van der Waals surface area contributed by atoms with Gasteiger partial charge in [-0.2, -0.15) is 13.5 Å². The van der Waals surface area contributed by atoms with Crippen molar-refractivity contribution in [1.82, 2.24) is 10.2 Å². The van der Waals surface area contributed by atoms with Crippen molar-refractivity contribution < 1.29 is 8.42 Å². The second kappa shape index (κ2) is 4.02. The highest BCUT2D eigenvalue weighted by Gasteiger charge is 2.17. The lowest BCUT2D eigenvalue weighted by Crippen LogP contribution is -2.13. The largest absolute Gasteiger partial charge is 0.384 e. The number of hydrogen-bond donors (Lipinski definition) is 3. The van der Waals surface area contributed by atoms with Gasteiger partial charge in [0.25, 0.3) is 10.0 Å². The van der Waals surface area contributed by atoms with E-state index in [1.165, 1.54) is 12.3 Å². The summed E-state index contributed by atoms with van der Waals surface area (Å²) in [5.41, 5.74) is 2.76. The van der Waals surface area contributed by atoms with E-state index in [4.69, 9.17) is 0 Å². The van der Waals surface area contributed by atoms with Gasteiger partial charge in [-0.25, -0.2) is 0 Å². The Hall–Kier alpha value is -2.02. The van der Waals surface area contributed by atoms with Gasteiger partial charge in [0.1, 0.15) is 0 Å². The lowest BCUT2D eigenvalue weighted by Gasteiger charge is -2.07. The van der Waals surface area contributed by atoms with E-state index in [0.29, 0.717) is 5.69 Å². The van der Waals surface area contributed by atoms with Crippen LogP contribution < -0.4 is 10.0 Å². The highest BCUT2D eigenvalue weighted by Crippen LogP contribution is 2.26. The summed E-state index contributed by atoms with van der Waals surface area (Å²) in [6.07, 6.45) is 2.32. The molecule has 0 spiro atoms. The van der Waals surface area contributed by atoms with Gasteiger partial charge in [0.05, 0.1) is 6.20 Å². The third-order valence-corrected chi connectivity index (χ3v) is 4.14. The Labute approximate surface area is 104 Å². The number of rotatable bonds is 3. The second-order valence-corrected chi connectivity index (χ2v) is 5.73. The van der Waals surface area contributed by atoms with Crippen LogP contribution in [0.1, 0.15) is 5.56 Å². The van der Waals surface area contributed by atoms with Gasteiger partial charge in [-0.3, -0.25) is 9.82 Å². The minimum absolute atomic E-state index is 0.0566. The zero-order valence-electron chi connectivity index (χ0n) is 9.47. The maximum absolute atomic E-state index is 12.0. The molecule has 2 heterocycles. The predicted octanol–water partition coefficient (Wildman–Crippen LogP) is 1.18. The van der Waals surface area contributed by atoms with Crippen LogP contribution in [-0.4, -0.2) is 25.2 Å². The molecule has 2 aromatic rings. The fourth-order valence-electron chi connectivity index (χ4n) is 1.97. The molecule has 0 atom stereocenters. The maximum atomic E-state index is 12.0. The summed E-state index contributed by atoms with van der Waals surface area (Å²) < 4.78 is 26.5. The first-order valence-corrected chi connectivity index (χ1v) is 7.02. The molecule has 0 fully saturated rings. The Kier molecular flexibility index (Phi) is 2.48. The van der Waals surface area contributed by atoms with Crippen LogP contribution >= 0.6 is 0 Å². The minimum Gasteiger partial charge on any atom is -0.384 e. The number of sulfonamides is 1. The van der Waals surface area contributed by atoms with Crippen molar-refractivity contribution in [3.8, 4) is 0 Å². The summed E-state index contributed by atoms with van der Waals surface area (Å²) >= 11 is 0. The van der Waals surface area contributed by atoms with Gasteiger partial charge in [-0.1, -0.05) is 0 Å². The number of anilines is 2. The van der Waals surface area contributed by atoms with E-state index < -0.39 is 10.0 Å². The fraction of sp³-hybridized carbons (Fsp3) is 0.182. The first-order chi connectivity index (χ1) is 8.65. The molecule has 3 N–H and O–H groups in total. The SMILES string of the molecule is O=S(=O)(Nc1ccc2c(c1)CCN2)c1ccn[nH]1. The molecule has 6 nitrogen and oxygen atoms in total. The smallest absolute Gasteiger partial charge is 0.278 e. The lowest BCUT2D eigenvalue weighted by molar-refractivity contribution is 0.597. The van der Waals surface area contributed by atoms with E-state index in [1.807, 2.05) is 12.1 Å². The Morgan fingerprint density at radius 1 is 1.28 bits per heavy atom. The number of aromatic amines is 1. The van der Waals surface area contributed by atoms with Crippen LogP contribution in [0.2, 0.25) is 0 Å². The fourth-order valence-corrected chi connectivity index (χ4v) is 2.93. The summed E-state index contributed by atoms with van der Waals surface area (Å²) in [7, 11) is -3.58. The monoisotopic (exact) mass is 264 g/mol. The molecular weight excluding hydrogens is 252 g/mol. The molecular formula is C11H12N4O2S. The van der Waals surface area contributed by atoms with Crippen molar-refractivity contribution in [2.45, 2.75) is 11.4 Å². The number of H-pyrrole nitrogens is 1. The second-order valence-electron chi connectivity index (χ2n) is 4.08. The van der Waals surface area contributed by atoms with Crippen molar-refractivity contribution >= 4 is 21.4 Å². The average molecular weight is 264 g/mol. The Morgan fingerprint density at radius 2 is 2.17 bits per heavy atom. The molecule has 0 unspecified atom stereocenters. The number of fused-ring (bicyclic) bond motifs is 1. The van der Waals surface area contributed by atoms with Gasteiger partial charge in [0, 0.05) is 17.9 Å². The average Bonchev–Trinajstić information content (AvgIpc) is 2.99. The van der Waals surface area contributed by atoms with Crippen molar-refractivity contribution in [3.63, 3.8) is 0 Å². The molecule has 3 rings (SSSR count). The Morgan fingerprint density at radius 3 is 2.94 bits per heavy atom. The van der Waals surface area contributed by atoms with Gasteiger partial charge in [0.15, 0.2) is 5.03 Å². The standard InChI is InChI=1S/C11H12N4O2S/c16-18(17,11-4-6-13-14-11)15-9-1-2-10-8(7-9)3-5-12-10/h1-2,4,6-7,12,15H,3,5H2,(H,13,14). The lowest BCUT2D eigenvalue weighted by atomic mass is 10.1. The number of aromatic nitrogens is 2. The first-order valence-electron chi connectivity index (χ1n) is 5.54. The van der Waals surface area contributed by atoms with Crippen LogP contribution in [-0.2, 0) is 16.4 Å². The Bertz CT molecular complexity index is 664. The van der Waals surface area contributed by atoms with Gasteiger partial charge < -0.3 is 5.32 Å². The van der Waals surface area contributed by atoms with E-state index in [1.54, 1.807) is 6.07 Å². The molecule has 0 aliphatic carbocycles. The molecule has 1 aliphatic rings. The molecule has 18 heavy (non-hydrogen) atoms. The summed E-state index contributed by atoms with van der Waals surface area (Å²) in [5.74, 6) is 0. The topological polar surface area (TPSA) is 86.9 Å². The number of nitrogens with zero attached hydrogens (tertiary/aromatic N) is 1. The third kappa shape index (κ3) is 1.92. The molecule has 0 saturated heterocycles. The molecule has 1 aromatic heterocycles. The van der Waals surface area contributed by atoms with Crippen molar-refractivity contribution in [2.24, 2.45) is 0 Å². The van der Waals surface area contributed by atoms with E-state index in [-0.39, 0.29) is 5.03 Å². The Balaban J connectivity index is 1.89. The van der Waals surface area contributed by atoms with E-state index >= 15 is 0 Å². The van der Waals surface area contributed by atoms with E-state index in [2.05, 4.69) is 20.2 Å². The molecule has 1 aliphatic heterocycles. The highest BCUT2D eigenvalue weighted by atomic mass is 32.2. The van der Waals surface area contributed by atoms with Crippen molar-refractivity contribution in [3.05, 3.63) is 36.0 Å². The van der Waals surface area contributed by atoms with Crippen LogP contribution in [0, 0.1) is 0 Å². The summed E-state index contributed by atoms with van der Waals surface area (Å²) in [6, 6.07) is 6.89. The van der Waals surface area contributed by atoms with E-state index in [9.17, 15) is 8.42 Å². The van der Waals surface area contributed by atoms with Crippen molar-refractivity contribution in [2.75, 3.05) is 16.6 Å². The van der Waals surface area contributed by atoms with Gasteiger partial charge >= 0.3 is 0 Å². The third-order valence-electron chi connectivity index (χ3n) is 2.83. The van der Waals surface area contributed by atoms with Gasteiger partial charge in [-0.05, 0) is 36.2 Å². The first kappa shape index (κ1) is 11.1. The highest BCUT2D eigenvalue weighted by molar-refractivity contribution is 7.92. The van der Waals surface area contributed by atoms with E-state index in [0.717, 1.165) is 24.2 Å². The minimum atomic E-state index is -3.58. The summed E-state index contributed by atoms with van der Waals surface area (Å²) in [5, 5.41) is 9.35. The molecule has 0 saturated carbocycles. The van der Waals surface area contributed by atoms with Crippen LogP contribution in [0.5, 0.6) is 0 Å². The molecule has 1 aromatic carbocycles. The van der Waals surface area contributed by atoms with Crippen LogP contribution in [0.4, 0.5) is 11.4 Å². The van der Waals surface area contributed by atoms with Crippen LogP contribution in [0.15, 0.2) is 35.5 Å². The van der Waals surface area contributed by atoms with Crippen molar-refractivity contribution in [1.29, 1.82) is 0 Å². The molecule has 7 heteroatoms. The zero-order valence-corrected chi connectivity index (χ0v) is 10.3. The molecule has 0 bridgehead atoms. The number of benzene rings is 1. The molecule has 0 radical (unpaired) electrons. The predicted molar refractivity (Wildman–Crippen MR) is 68.0 cm³/mol. The summed E-state index contributed by atoms with van der Waals surface area (Å²) in [6.45, 7) is 0.895. The van der Waals surface area contributed by atoms with Gasteiger partial charge in [0.2, 0.25) is 0 Å². The number of hydrogen-bond acceptors (Lipinski definition) is 4.